The van der Waals surface area contributed by atoms with E-state index in [0.717, 1.165) is 19.0 Å². The Morgan fingerprint density at radius 1 is 1.26 bits per heavy atom. The molecule has 2 aliphatic carbocycles. The number of carbonyl (C=O) groups is 2. The van der Waals surface area contributed by atoms with Crippen molar-refractivity contribution in [2.24, 2.45) is 17.8 Å². The molecule has 0 radical (unpaired) electrons. The average Bonchev–Trinajstić information content (AvgIpc) is 3.37. The van der Waals surface area contributed by atoms with E-state index in [1.54, 1.807) is 12.3 Å². The average molecular weight is 545 g/mol. The van der Waals surface area contributed by atoms with Gasteiger partial charge in [0, 0.05) is 35.5 Å². The molecule has 8 nitrogen and oxygen atoms in total. The number of halogens is 3. The number of phenolic OH excluding ortho intramolecular Hbond substituents is 1. The third-order valence-corrected chi connectivity index (χ3v) is 8.49. The number of hydrogen-bond donors (Lipinski definition) is 3. The molecule has 4 unspecified atom stereocenters. The lowest BCUT2D eigenvalue weighted by Gasteiger charge is -2.33. The molecule has 208 valence electrons. The fourth-order valence-corrected chi connectivity index (χ4v) is 6.55. The first-order valence-electron chi connectivity index (χ1n) is 13.2. The van der Waals surface area contributed by atoms with Crippen LogP contribution in [0.4, 0.5) is 13.2 Å². The van der Waals surface area contributed by atoms with Crippen molar-refractivity contribution < 1.29 is 33.0 Å². The third kappa shape index (κ3) is 4.61. The summed E-state index contributed by atoms with van der Waals surface area (Å²) in [7, 11) is 0. The van der Waals surface area contributed by atoms with Crippen molar-refractivity contribution in [1.82, 2.24) is 19.9 Å². The maximum atomic E-state index is 14.3. The molecule has 11 heteroatoms. The Kier molecular flexibility index (Phi) is 6.59. The van der Waals surface area contributed by atoms with Crippen LogP contribution in [0.2, 0.25) is 0 Å². The zero-order chi connectivity index (χ0) is 28.3. The molecule has 0 aliphatic heterocycles. The minimum atomic E-state index is -4.99. The number of carboxylic acid groups (broad SMARTS) is 1. The lowest BCUT2D eigenvalue weighted by molar-refractivity contribution is -0.146. The highest BCUT2D eigenvalue weighted by Gasteiger charge is 2.56. The van der Waals surface area contributed by atoms with E-state index in [9.17, 15) is 33.0 Å². The van der Waals surface area contributed by atoms with Crippen LogP contribution in [0.5, 0.6) is 5.75 Å². The van der Waals surface area contributed by atoms with Gasteiger partial charge in [0.15, 0.2) is 11.5 Å². The van der Waals surface area contributed by atoms with Gasteiger partial charge >= 0.3 is 12.1 Å². The number of phenols is 1. The van der Waals surface area contributed by atoms with Gasteiger partial charge in [-0.3, -0.25) is 4.79 Å². The van der Waals surface area contributed by atoms with Crippen LogP contribution in [0, 0.1) is 17.8 Å². The number of amides is 1. The number of rotatable bonds is 6. The number of alkyl halides is 3. The number of carbonyl (C=O) groups excluding carboxylic acids is 1. The highest BCUT2D eigenvalue weighted by atomic mass is 19.4. The van der Waals surface area contributed by atoms with Crippen LogP contribution in [0.25, 0.3) is 22.3 Å². The van der Waals surface area contributed by atoms with Gasteiger partial charge in [0.05, 0.1) is 11.1 Å². The number of benzene rings is 1. The second-order valence-electron chi connectivity index (χ2n) is 11.2. The maximum Gasteiger partial charge on any atom is 0.434 e. The molecule has 0 saturated heterocycles. The summed E-state index contributed by atoms with van der Waals surface area (Å²) in [6, 6.07) is 4.53. The van der Waals surface area contributed by atoms with Gasteiger partial charge in [0.25, 0.3) is 5.91 Å². The van der Waals surface area contributed by atoms with Crippen molar-refractivity contribution in [2.45, 2.75) is 70.6 Å². The molecule has 5 rings (SSSR count). The van der Waals surface area contributed by atoms with Crippen molar-refractivity contribution in [2.75, 3.05) is 0 Å². The van der Waals surface area contributed by atoms with E-state index in [0.29, 0.717) is 29.3 Å². The number of hydrogen-bond acceptors (Lipinski definition) is 5. The molecule has 3 N–H and O–H groups in total. The Hall–Kier alpha value is -3.63. The number of aromatic hydroxyl groups is 1. The third-order valence-electron chi connectivity index (χ3n) is 8.49. The SMILES string of the molecule is CC[C@@H](C)n1cc(-c2ncc(C(=O)NC3(C(=O)O)CC4CC(C)CC3C4)c(C(F)(F)F)n2)c2ccc(O)cc21. The van der Waals surface area contributed by atoms with Crippen LogP contribution in [-0.4, -0.2) is 42.2 Å². The molecule has 2 aliphatic rings. The predicted molar refractivity (Wildman–Crippen MR) is 137 cm³/mol. The fraction of sp³-hybridized carbons (Fsp3) is 0.500. The molecular weight excluding hydrogens is 513 g/mol. The first-order valence-corrected chi connectivity index (χ1v) is 13.2. The monoisotopic (exact) mass is 544 g/mol. The molecule has 1 aromatic carbocycles. The number of fused-ring (bicyclic) bond motifs is 3. The van der Waals surface area contributed by atoms with Crippen LogP contribution < -0.4 is 5.32 Å². The predicted octanol–water partition coefficient (Wildman–Crippen LogP) is 5.80. The minimum Gasteiger partial charge on any atom is -0.508 e. The van der Waals surface area contributed by atoms with Crippen LogP contribution >= 0.6 is 0 Å². The van der Waals surface area contributed by atoms with Crippen molar-refractivity contribution in [3.63, 3.8) is 0 Å². The Balaban J connectivity index is 1.57. The Bertz CT molecular complexity index is 1450. The molecule has 5 atom stereocenters. The van der Waals surface area contributed by atoms with Crippen molar-refractivity contribution in [3.8, 4) is 17.1 Å². The normalized spacial score (nSPS) is 25.5. The fourth-order valence-electron chi connectivity index (χ4n) is 6.55. The second-order valence-corrected chi connectivity index (χ2v) is 11.2. The molecule has 2 saturated carbocycles. The molecule has 2 fully saturated rings. The Morgan fingerprint density at radius 2 is 2.00 bits per heavy atom. The highest BCUT2D eigenvalue weighted by Crippen LogP contribution is 2.50. The molecule has 2 aromatic heterocycles. The van der Waals surface area contributed by atoms with Crippen molar-refractivity contribution in [1.29, 1.82) is 0 Å². The smallest absolute Gasteiger partial charge is 0.434 e. The first kappa shape index (κ1) is 27.0. The molecule has 2 heterocycles. The molecule has 0 spiro atoms. The minimum absolute atomic E-state index is 0.0128. The van der Waals surface area contributed by atoms with Gasteiger partial charge in [-0.05, 0) is 68.9 Å². The lowest BCUT2D eigenvalue weighted by Crippen LogP contribution is -2.57. The topological polar surface area (TPSA) is 117 Å². The van der Waals surface area contributed by atoms with Gasteiger partial charge in [-0.1, -0.05) is 13.8 Å². The van der Waals surface area contributed by atoms with Crippen LogP contribution in [-0.2, 0) is 11.0 Å². The van der Waals surface area contributed by atoms with E-state index in [1.807, 2.05) is 25.3 Å². The van der Waals surface area contributed by atoms with Gasteiger partial charge in [-0.25, -0.2) is 14.8 Å². The Labute approximate surface area is 223 Å². The van der Waals surface area contributed by atoms with Crippen molar-refractivity contribution >= 4 is 22.8 Å². The summed E-state index contributed by atoms with van der Waals surface area (Å²) in [6.45, 7) is 5.93. The van der Waals surface area contributed by atoms with E-state index >= 15 is 0 Å². The summed E-state index contributed by atoms with van der Waals surface area (Å²) in [4.78, 5) is 33.6. The van der Waals surface area contributed by atoms with E-state index in [-0.39, 0.29) is 41.8 Å². The van der Waals surface area contributed by atoms with Crippen LogP contribution in [0.15, 0.2) is 30.6 Å². The molecule has 3 aromatic rings. The lowest BCUT2D eigenvalue weighted by atomic mass is 9.78. The molecule has 2 bridgehead atoms. The van der Waals surface area contributed by atoms with E-state index in [4.69, 9.17) is 0 Å². The number of carboxylic acids is 1. The quantitative estimate of drug-likeness (QED) is 0.361. The molecule has 39 heavy (non-hydrogen) atoms. The van der Waals surface area contributed by atoms with Crippen LogP contribution in [0.3, 0.4) is 0 Å². The summed E-state index contributed by atoms with van der Waals surface area (Å²) in [5.74, 6) is -2.58. The Morgan fingerprint density at radius 3 is 2.67 bits per heavy atom. The standard InChI is InChI=1S/C28H31F3N4O4/c1-4-15(3)35-13-21(19-6-5-18(36)10-22(19)35)24-32-12-20(23(33-24)28(29,30)31)25(37)34-27(26(38)39)11-16-7-14(2)8-17(27)9-16/h5-6,10,12-17,36H,4,7-9,11H2,1-3H3,(H,34,37)(H,38,39)/t14?,15-,16?,17?,27?/m1/s1. The summed E-state index contributed by atoms with van der Waals surface area (Å²) < 4.78 is 44.6. The molecular formula is C28H31F3N4O4. The zero-order valence-electron chi connectivity index (χ0n) is 21.9. The number of nitrogens with one attached hydrogen (secondary N) is 1. The summed E-state index contributed by atoms with van der Waals surface area (Å²) in [5, 5.41) is 23.2. The largest absolute Gasteiger partial charge is 0.508 e. The van der Waals surface area contributed by atoms with Gasteiger partial charge in [0.1, 0.15) is 11.3 Å². The van der Waals surface area contributed by atoms with Crippen molar-refractivity contribution in [3.05, 3.63) is 41.9 Å². The highest BCUT2D eigenvalue weighted by molar-refractivity contribution is 6.00. The van der Waals surface area contributed by atoms with Gasteiger partial charge in [-0.2, -0.15) is 13.2 Å². The number of aliphatic carboxylic acids is 1. The van der Waals surface area contributed by atoms with E-state index in [2.05, 4.69) is 15.3 Å². The van der Waals surface area contributed by atoms with Gasteiger partial charge in [0.2, 0.25) is 0 Å². The summed E-state index contributed by atoms with van der Waals surface area (Å²) in [6.07, 6.45) is 0.432. The van der Waals surface area contributed by atoms with Crippen LogP contribution in [0.1, 0.15) is 75.0 Å². The van der Waals surface area contributed by atoms with Gasteiger partial charge < -0.3 is 20.1 Å². The van der Waals surface area contributed by atoms with E-state index < -0.39 is 34.8 Å². The van der Waals surface area contributed by atoms with E-state index in [1.165, 1.54) is 12.1 Å². The molecule has 1 amide bonds. The summed E-state index contributed by atoms with van der Waals surface area (Å²) >= 11 is 0. The number of nitrogens with zero attached hydrogens (tertiary/aromatic N) is 3. The summed E-state index contributed by atoms with van der Waals surface area (Å²) in [5.41, 5.74) is -2.93. The second kappa shape index (κ2) is 9.53. The zero-order valence-corrected chi connectivity index (χ0v) is 21.9. The first-order chi connectivity index (χ1) is 18.3. The number of aromatic nitrogens is 3. The van der Waals surface area contributed by atoms with Gasteiger partial charge in [-0.15, -0.1) is 0 Å². The maximum absolute atomic E-state index is 14.3.